The van der Waals surface area contributed by atoms with Crippen molar-refractivity contribution in [1.29, 1.82) is 0 Å². The second-order valence-electron chi connectivity index (χ2n) is 5.09. The van der Waals surface area contributed by atoms with E-state index in [2.05, 4.69) is 23.3 Å². The molecule has 100 valence electrons. The lowest BCUT2D eigenvalue weighted by Gasteiger charge is -2.30. The van der Waals surface area contributed by atoms with Crippen molar-refractivity contribution in [3.8, 4) is 0 Å². The Morgan fingerprint density at radius 2 is 2.26 bits per heavy atom. The first-order valence-electron chi connectivity index (χ1n) is 6.67. The number of rotatable bonds is 3. The van der Waals surface area contributed by atoms with Crippen LogP contribution in [-0.4, -0.2) is 22.4 Å². The van der Waals surface area contributed by atoms with Crippen molar-refractivity contribution in [2.45, 2.75) is 25.0 Å². The minimum atomic E-state index is -0.0589. The molecule has 3 rings (SSSR count). The predicted molar refractivity (Wildman–Crippen MR) is 73.7 cm³/mol. The van der Waals surface area contributed by atoms with Crippen molar-refractivity contribution in [2.24, 2.45) is 12.8 Å². The van der Waals surface area contributed by atoms with E-state index in [-0.39, 0.29) is 12.1 Å². The maximum Gasteiger partial charge on any atom is 0.0982 e. The smallest absolute Gasteiger partial charge is 0.0982 e. The van der Waals surface area contributed by atoms with Gasteiger partial charge in [0.1, 0.15) is 0 Å². The van der Waals surface area contributed by atoms with Crippen LogP contribution in [0, 0.1) is 0 Å². The molecular formula is C15H19N3O. The van der Waals surface area contributed by atoms with Gasteiger partial charge in [-0.1, -0.05) is 24.3 Å². The molecule has 19 heavy (non-hydrogen) atoms. The molecule has 1 aliphatic rings. The molecule has 2 aromatic rings. The van der Waals surface area contributed by atoms with Crippen molar-refractivity contribution in [1.82, 2.24) is 9.78 Å². The second-order valence-corrected chi connectivity index (χ2v) is 5.09. The Kier molecular flexibility index (Phi) is 3.36. The summed E-state index contributed by atoms with van der Waals surface area (Å²) in [7, 11) is 1.92. The molecule has 0 aliphatic carbocycles. The highest BCUT2D eigenvalue weighted by Gasteiger charge is 2.26. The monoisotopic (exact) mass is 257 g/mol. The highest BCUT2D eigenvalue weighted by Crippen LogP contribution is 2.29. The highest BCUT2D eigenvalue weighted by atomic mass is 16.5. The molecule has 1 aliphatic heterocycles. The third kappa shape index (κ3) is 2.55. The SMILES string of the molecule is Cn1ccc(CC(N)C2OCCc3ccccc32)n1. The summed E-state index contributed by atoms with van der Waals surface area (Å²) in [6.45, 7) is 0.748. The zero-order valence-electron chi connectivity index (χ0n) is 11.1. The fourth-order valence-electron chi connectivity index (χ4n) is 2.70. The van der Waals surface area contributed by atoms with Gasteiger partial charge in [-0.2, -0.15) is 5.10 Å². The summed E-state index contributed by atoms with van der Waals surface area (Å²) >= 11 is 0. The van der Waals surface area contributed by atoms with Gasteiger partial charge in [0, 0.05) is 25.7 Å². The molecular weight excluding hydrogens is 238 g/mol. The molecule has 2 N–H and O–H groups in total. The van der Waals surface area contributed by atoms with Crippen LogP contribution in [0.1, 0.15) is 22.9 Å². The average molecular weight is 257 g/mol. The van der Waals surface area contributed by atoms with Gasteiger partial charge in [-0.15, -0.1) is 0 Å². The van der Waals surface area contributed by atoms with E-state index in [0.717, 1.165) is 25.1 Å². The van der Waals surface area contributed by atoms with Crippen LogP contribution in [0.4, 0.5) is 0 Å². The second kappa shape index (κ2) is 5.15. The first-order valence-corrected chi connectivity index (χ1v) is 6.67. The van der Waals surface area contributed by atoms with Crippen LogP contribution < -0.4 is 5.73 Å². The van der Waals surface area contributed by atoms with Gasteiger partial charge in [0.15, 0.2) is 0 Å². The molecule has 1 aromatic heterocycles. The quantitative estimate of drug-likeness (QED) is 0.908. The van der Waals surface area contributed by atoms with Gasteiger partial charge in [-0.3, -0.25) is 4.68 Å². The van der Waals surface area contributed by atoms with E-state index < -0.39 is 0 Å². The minimum absolute atomic E-state index is 0.0213. The zero-order chi connectivity index (χ0) is 13.2. The summed E-state index contributed by atoms with van der Waals surface area (Å²) in [5, 5.41) is 4.38. The molecule has 2 heterocycles. The molecule has 0 amide bonds. The number of benzene rings is 1. The van der Waals surface area contributed by atoms with Crippen LogP contribution in [0.5, 0.6) is 0 Å². The lowest BCUT2D eigenvalue weighted by atomic mass is 9.92. The van der Waals surface area contributed by atoms with E-state index in [1.54, 1.807) is 4.68 Å². The number of aromatic nitrogens is 2. The Balaban J connectivity index is 1.79. The van der Waals surface area contributed by atoms with E-state index >= 15 is 0 Å². The lowest BCUT2D eigenvalue weighted by Crippen LogP contribution is -2.35. The molecule has 1 aromatic carbocycles. The minimum Gasteiger partial charge on any atom is -0.372 e. The van der Waals surface area contributed by atoms with Crippen molar-refractivity contribution in [3.63, 3.8) is 0 Å². The number of nitrogens with zero attached hydrogens (tertiary/aromatic N) is 2. The number of nitrogens with two attached hydrogens (primary N) is 1. The van der Waals surface area contributed by atoms with Crippen LogP contribution in [0.25, 0.3) is 0 Å². The molecule has 0 bridgehead atoms. The van der Waals surface area contributed by atoms with Gasteiger partial charge in [-0.05, 0) is 23.6 Å². The van der Waals surface area contributed by atoms with E-state index in [0.29, 0.717) is 0 Å². The van der Waals surface area contributed by atoms with Gasteiger partial charge in [-0.25, -0.2) is 0 Å². The number of aryl methyl sites for hydroxylation is 1. The molecule has 2 unspecified atom stereocenters. The van der Waals surface area contributed by atoms with Crippen LogP contribution in [0.3, 0.4) is 0 Å². The van der Waals surface area contributed by atoms with E-state index in [1.807, 2.05) is 25.4 Å². The summed E-state index contributed by atoms with van der Waals surface area (Å²) in [4.78, 5) is 0. The summed E-state index contributed by atoms with van der Waals surface area (Å²) in [6, 6.07) is 10.4. The lowest BCUT2D eigenvalue weighted by molar-refractivity contribution is 0.0244. The maximum absolute atomic E-state index is 6.33. The maximum atomic E-state index is 6.33. The number of hydrogen-bond donors (Lipinski definition) is 1. The molecule has 0 fully saturated rings. The number of fused-ring (bicyclic) bond motifs is 1. The molecule has 0 saturated heterocycles. The Bertz CT molecular complexity index is 564. The highest BCUT2D eigenvalue weighted by molar-refractivity contribution is 5.32. The van der Waals surface area contributed by atoms with Gasteiger partial charge < -0.3 is 10.5 Å². The average Bonchev–Trinajstić information content (AvgIpc) is 2.83. The Morgan fingerprint density at radius 1 is 1.42 bits per heavy atom. The van der Waals surface area contributed by atoms with E-state index in [4.69, 9.17) is 10.5 Å². The van der Waals surface area contributed by atoms with Crippen LogP contribution in [-0.2, 0) is 24.6 Å². The Morgan fingerprint density at radius 3 is 3.05 bits per heavy atom. The summed E-state index contributed by atoms with van der Waals surface area (Å²) in [5.74, 6) is 0. The molecule has 0 radical (unpaired) electrons. The zero-order valence-corrected chi connectivity index (χ0v) is 11.1. The van der Waals surface area contributed by atoms with Gasteiger partial charge in [0.2, 0.25) is 0 Å². The molecule has 2 atom stereocenters. The topological polar surface area (TPSA) is 53.1 Å². The van der Waals surface area contributed by atoms with Crippen molar-refractivity contribution >= 4 is 0 Å². The summed E-state index contributed by atoms with van der Waals surface area (Å²) < 4.78 is 7.69. The van der Waals surface area contributed by atoms with Crippen molar-refractivity contribution in [3.05, 3.63) is 53.3 Å². The van der Waals surface area contributed by atoms with Crippen LogP contribution in [0.2, 0.25) is 0 Å². The van der Waals surface area contributed by atoms with Crippen LogP contribution >= 0.6 is 0 Å². The molecule has 4 nitrogen and oxygen atoms in total. The summed E-state index contributed by atoms with van der Waals surface area (Å²) in [5.41, 5.74) is 9.94. The van der Waals surface area contributed by atoms with E-state index in [1.165, 1.54) is 11.1 Å². The van der Waals surface area contributed by atoms with E-state index in [9.17, 15) is 0 Å². The summed E-state index contributed by atoms with van der Waals surface area (Å²) in [6.07, 6.45) is 3.63. The number of ether oxygens (including phenoxy) is 1. The van der Waals surface area contributed by atoms with Crippen molar-refractivity contribution in [2.75, 3.05) is 6.61 Å². The van der Waals surface area contributed by atoms with Gasteiger partial charge in [0.05, 0.1) is 18.4 Å². The molecule has 4 heteroatoms. The third-order valence-corrected chi connectivity index (χ3v) is 3.63. The first kappa shape index (κ1) is 12.4. The fourth-order valence-corrected chi connectivity index (χ4v) is 2.70. The molecule has 0 spiro atoms. The van der Waals surface area contributed by atoms with Crippen LogP contribution in [0.15, 0.2) is 36.5 Å². The Labute approximate surface area is 113 Å². The normalized spacial score (nSPS) is 20.0. The largest absolute Gasteiger partial charge is 0.372 e. The standard InChI is InChI=1S/C15H19N3O/c1-18-8-6-12(17-18)10-14(16)15-13-5-3-2-4-11(13)7-9-19-15/h2-6,8,14-15H,7,9-10,16H2,1H3. The van der Waals surface area contributed by atoms with Gasteiger partial charge in [0.25, 0.3) is 0 Å². The van der Waals surface area contributed by atoms with Crippen molar-refractivity contribution < 1.29 is 4.74 Å². The number of hydrogen-bond acceptors (Lipinski definition) is 3. The molecule has 0 saturated carbocycles. The first-order chi connectivity index (χ1) is 9.24. The Hall–Kier alpha value is -1.65. The third-order valence-electron chi connectivity index (χ3n) is 3.63. The fraction of sp³-hybridized carbons (Fsp3) is 0.400. The van der Waals surface area contributed by atoms with Gasteiger partial charge >= 0.3 is 0 Å². The predicted octanol–water partition coefficient (Wildman–Crippen LogP) is 1.60.